The zero-order chi connectivity index (χ0) is 14.0. The first kappa shape index (κ1) is 14.3. The van der Waals surface area contributed by atoms with Crippen LogP contribution in [0.3, 0.4) is 0 Å². The van der Waals surface area contributed by atoms with Gasteiger partial charge in [0.1, 0.15) is 5.75 Å². The molecule has 0 unspecified atom stereocenters. The summed E-state index contributed by atoms with van der Waals surface area (Å²) in [5.41, 5.74) is -0.102. The van der Waals surface area contributed by atoms with E-state index < -0.39 is 28.0 Å². The molecule has 0 saturated carbocycles. The molecule has 0 fully saturated rings. The molecule has 0 spiro atoms. The van der Waals surface area contributed by atoms with Crippen LogP contribution in [-0.4, -0.2) is 26.9 Å². The van der Waals surface area contributed by atoms with Crippen molar-refractivity contribution in [2.24, 2.45) is 0 Å². The number of carbonyl (C=O) groups excluding carboxylic acids is 1. The van der Waals surface area contributed by atoms with Crippen LogP contribution in [0.5, 0.6) is 5.75 Å². The van der Waals surface area contributed by atoms with Crippen molar-refractivity contribution < 1.29 is 31.1 Å². The van der Waals surface area contributed by atoms with Crippen LogP contribution < -0.4 is 9.46 Å². The van der Waals surface area contributed by atoms with Gasteiger partial charge in [0.15, 0.2) is 0 Å². The van der Waals surface area contributed by atoms with Gasteiger partial charge in [-0.05, 0) is 24.3 Å². The van der Waals surface area contributed by atoms with E-state index in [1.807, 2.05) is 0 Å². The number of ether oxygens (including phenoxy) is 1. The van der Waals surface area contributed by atoms with Crippen LogP contribution >= 0.6 is 0 Å². The van der Waals surface area contributed by atoms with Gasteiger partial charge in [0, 0.05) is 5.56 Å². The van der Waals surface area contributed by atoms with Gasteiger partial charge >= 0.3 is 6.36 Å². The Hall–Kier alpha value is -1.77. The van der Waals surface area contributed by atoms with Crippen LogP contribution in [0.15, 0.2) is 24.3 Å². The number of rotatable bonds is 3. The van der Waals surface area contributed by atoms with Crippen molar-refractivity contribution in [2.45, 2.75) is 6.36 Å². The number of benzene rings is 1. The van der Waals surface area contributed by atoms with Gasteiger partial charge in [-0.15, -0.1) is 13.2 Å². The Balaban J connectivity index is 2.80. The van der Waals surface area contributed by atoms with E-state index in [9.17, 15) is 26.4 Å². The summed E-state index contributed by atoms with van der Waals surface area (Å²) in [6.07, 6.45) is -4.04. The predicted octanol–water partition coefficient (Wildman–Crippen LogP) is 1.27. The summed E-state index contributed by atoms with van der Waals surface area (Å²) in [7, 11) is -3.72. The minimum atomic E-state index is -4.82. The van der Waals surface area contributed by atoms with E-state index in [2.05, 4.69) is 4.74 Å². The Morgan fingerprint density at radius 3 is 2.11 bits per heavy atom. The summed E-state index contributed by atoms with van der Waals surface area (Å²) in [6.45, 7) is 0. The van der Waals surface area contributed by atoms with Gasteiger partial charge in [-0.1, -0.05) is 0 Å². The summed E-state index contributed by atoms with van der Waals surface area (Å²) >= 11 is 0. The molecule has 1 rings (SSSR count). The lowest BCUT2D eigenvalue weighted by Gasteiger charge is -2.09. The molecule has 0 bridgehead atoms. The number of hydrogen-bond acceptors (Lipinski definition) is 4. The van der Waals surface area contributed by atoms with E-state index in [1.165, 1.54) is 0 Å². The first-order valence-electron chi connectivity index (χ1n) is 4.45. The van der Waals surface area contributed by atoms with E-state index in [-0.39, 0.29) is 5.56 Å². The summed E-state index contributed by atoms with van der Waals surface area (Å²) < 4.78 is 62.3. The summed E-state index contributed by atoms with van der Waals surface area (Å²) in [5, 5.41) is 0. The molecule has 1 N–H and O–H groups in total. The number of hydrogen-bond donors (Lipinski definition) is 1. The molecule has 1 amide bonds. The minimum Gasteiger partial charge on any atom is -0.406 e. The molecule has 0 saturated heterocycles. The van der Waals surface area contributed by atoms with Crippen molar-refractivity contribution in [3.8, 4) is 5.75 Å². The number of alkyl halides is 3. The minimum absolute atomic E-state index is 0.102. The molecule has 0 aliphatic heterocycles. The van der Waals surface area contributed by atoms with E-state index in [4.69, 9.17) is 0 Å². The Morgan fingerprint density at radius 1 is 1.22 bits per heavy atom. The molecule has 0 atom stereocenters. The molecular weight excluding hydrogens is 275 g/mol. The van der Waals surface area contributed by atoms with E-state index in [1.54, 1.807) is 4.72 Å². The van der Waals surface area contributed by atoms with Gasteiger partial charge in [-0.3, -0.25) is 4.79 Å². The zero-order valence-electron chi connectivity index (χ0n) is 8.98. The molecule has 0 radical (unpaired) electrons. The SMILES string of the molecule is CS(=O)(=O)NC(=O)c1ccc(OC(F)(F)F)cc1. The fourth-order valence-electron chi connectivity index (χ4n) is 1.04. The maximum Gasteiger partial charge on any atom is 0.573 e. The molecule has 0 aliphatic carbocycles. The second-order valence-electron chi connectivity index (χ2n) is 3.28. The summed E-state index contributed by atoms with van der Waals surface area (Å²) in [4.78, 5) is 11.3. The topological polar surface area (TPSA) is 72.5 Å². The molecule has 100 valence electrons. The van der Waals surface area contributed by atoms with Crippen molar-refractivity contribution in [1.29, 1.82) is 0 Å². The van der Waals surface area contributed by atoms with Crippen molar-refractivity contribution in [3.63, 3.8) is 0 Å². The monoisotopic (exact) mass is 283 g/mol. The maximum absolute atomic E-state index is 11.8. The van der Waals surface area contributed by atoms with Gasteiger partial charge in [0.2, 0.25) is 10.0 Å². The highest BCUT2D eigenvalue weighted by Crippen LogP contribution is 2.22. The third kappa shape index (κ3) is 5.04. The standard InChI is InChI=1S/C9H8F3NO4S/c1-18(15,16)13-8(14)6-2-4-7(5-3-6)17-9(10,11)12/h2-5H,1H3,(H,13,14). The second-order valence-corrected chi connectivity index (χ2v) is 5.02. The van der Waals surface area contributed by atoms with E-state index >= 15 is 0 Å². The zero-order valence-corrected chi connectivity index (χ0v) is 9.80. The third-order valence-electron chi connectivity index (χ3n) is 1.63. The average molecular weight is 283 g/mol. The Labute approximate surface area is 101 Å². The quantitative estimate of drug-likeness (QED) is 0.906. The highest BCUT2D eigenvalue weighted by atomic mass is 32.2. The highest BCUT2D eigenvalue weighted by molar-refractivity contribution is 7.89. The molecule has 5 nitrogen and oxygen atoms in total. The lowest BCUT2D eigenvalue weighted by Crippen LogP contribution is -2.29. The fraction of sp³-hybridized carbons (Fsp3) is 0.222. The number of nitrogens with one attached hydrogen (secondary N) is 1. The van der Waals surface area contributed by atoms with Gasteiger partial charge in [-0.25, -0.2) is 13.1 Å². The number of amides is 1. The van der Waals surface area contributed by atoms with Crippen molar-refractivity contribution in [2.75, 3.05) is 6.26 Å². The maximum atomic E-state index is 11.8. The normalized spacial score (nSPS) is 12.0. The van der Waals surface area contributed by atoms with Crippen molar-refractivity contribution >= 4 is 15.9 Å². The summed E-state index contributed by atoms with van der Waals surface area (Å²) in [6, 6.07) is 3.85. The second kappa shape index (κ2) is 4.84. The molecule has 0 aromatic heterocycles. The largest absolute Gasteiger partial charge is 0.573 e. The Bertz CT molecular complexity index is 536. The smallest absolute Gasteiger partial charge is 0.406 e. The van der Waals surface area contributed by atoms with Gasteiger partial charge in [0.05, 0.1) is 6.26 Å². The van der Waals surface area contributed by atoms with Gasteiger partial charge in [0.25, 0.3) is 5.91 Å². The summed E-state index contributed by atoms with van der Waals surface area (Å²) in [5.74, 6) is -1.44. The van der Waals surface area contributed by atoms with Crippen molar-refractivity contribution in [3.05, 3.63) is 29.8 Å². The molecule has 0 aliphatic rings. The molecule has 0 heterocycles. The van der Waals surface area contributed by atoms with Crippen LogP contribution in [0.2, 0.25) is 0 Å². The van der Waals surface area contributed by atoms with Crippen LogP contribution in [0.25, 0.3) is 0 Å². The lowest BCUT2D eigenvalue weighted by atomic mass is 10.2. The number of sulfonamides is 1. The molecule has 18 heavy (non-hydrogen) atoms. The third-order valence-corrected chi connectivity index (χ3v) is 2.18. The Kier molecular flexibility index (Phi) is 3.85. The van der Waals surface area contributed by atoms with Gasteiger partial charge in [-0.2, -0.15) is 0 Å². The lowest BCUT2D eigenvalue weighted by molar-refractivity contribution is -0.274. The van der Waals surface area contributed by atoms with Gasteiger partial charge < -0.3 is 4.74 Å². The van der Waals surface area contributed by atoms with Crippen LogP contribution in [0.4, 0.5) is 13.2 Å². The molecular formula is C9H8F3NO4S. The first-order valence-corrected chi connectivity index (χ1v) is 6.34. The van der Waals surface area contributed by atoms with E-state index in [0.29, 0.717) is 0 Å². The number of carbonyl (C=O) groups is 1. The van der Waals surface area contributed by atoms with Crippen LogP contribution in [0.1, 0.15) is 10.4 Å². The first-order chi connectivity index (χ1) is 8.07. The highest BCUT2D eigenvalue weighted by Gasteiger charge is 2.31. The fourth-order valence-corrected chi connectivity index (χ4v) is 1.49. The number of halogens is 3. The van der Waals surface area contributed by atoms with Crippen LogP contribution in [-0.2, 0) is 10.0 Å². The molecule has 9 heteroatoms. The Morgan fingerprint density at radius 2 is 1.72 bits per heavy atom. The van der Waals surface area contributed by atoms with Crippen LogP contribution in [0, 0.1) is 0 Å². The molecule has 1 aromatic carbocycles. The van der Waals surface area contributed by atoms with E-state index in [0.717, 1.165) is 30.5 Å². The predicted molar refractivity (Wildman–Crippen MR) is 55.4 cm³/mol. The molecule has 1 aromatic rings. The average Bonchev–Trinajstić information content (AvgIpc) is 2.13. The van der Waals surface area contributed by atoms with Crippen molar-refractivity contribution in [1.82, 2.24) is 4.72 Å².